The Morgan fingerprint density at radius 1 is 1.19 bits per heavy atom. The van der Waals surface area contributed by atoms with Gasteiger partial charge >= 0.3 is 0 Å². The van der Waals surface area contributed by atoms with Gasteiger partial charge in [-0.2, -0.15) is 0 Å². The molecule has 1 unspecified atom stereocenters. The second-order valence-electron chi connectivity index (χ2n) is 6.20. The molecule has 0 aliphatic carbocycles. The van der Waals surface area contributed by atoms with Crippen LogP contribution >= 0.6 is 24.0 Å². The number of guanidine groups is 1. The number of hydrogen-bond acceptors (Lipinski definition) is 4. The van der Waals surface area contributed by atoms with Crippen LogP contribution in [0.5, 0.6) is 11.5 Å². The Labute approximate surface area is 177 Å². The molecule has 3 rings (SSSR count). The number of halogens is 1. The summed E-state index contributed by atoms with van der Waals surface area (Å²) in [5.74, 6) is 2.36. The van der Waals surface area contributed by atoms with E-state index in [9.17, 15) is 0 Å². The Balaban J connectivity index is 0.00000261. The first-order valence-electron chi connectivity index (χ1n) is 9.07. The molecular formula is C20H27IN4O2. The monoisotopic (exact) mass is 482 g/mol. The van der Waals surface area contributed by atoms with E-state index in [1.807, 2.05) is 43.5 Å². The number of para-hydroxylation sites is 2. The number of hydrogen-bond donors (Lipinski definition) is 2. The van der Waals surface area contributed by atoms with Crippen molar-refractivity contribution >= 4 is 29.9 Å². The molecule has 1 aromatic heterocycles. The van der Waals surface area contributed by atoms with Crippen LogP contribution in [0.4, 0.5) is 0 Å². The average molecular weight is 482 g/mol. The number of fused-ring (bicyclic) bond motifs is 1. The summed E-state index contributed by atoms with van der Waals surface area (Å²) >= 11 is 0. The number of pyridine rings is 1. The second-order valence-corrected chi connectivity index (χ2v) is 6.20. The van der Waals surface area contributed by atoms with E-state index < -0.39 is 0 Å². The van der Waals surface area contributed by atoms with Crippen LogP contribution in [0.2, 0.25) is 0 Å². The fourth-order valence-corrected chi connectivity index (χ4v) is 2.66. The Bertz CT molecular complexity index is 737. The van der Waals surface area contributed by atoms with Gasteiger partial charge in [0.1, 0.15) is 6.61 Å². The summed E-state index contributed by atoms with van der Waals surface area (Å²) < 4.78 is 11.7. The minimum absolute atomic E-state index is 0. The lowest BCUT2D eigenvalue weighted by Gasteiger charge is -2.25. The normalized spacial score (nSPS) is 15.6. The summed E-state index contributed by atoms with van der Waals surface area (Å²) in [6, 6.07) is 11.9. The van der Waals surface area contributed by atoms with Gasteiger partial charge in [0.2, 0.25) is 0 Å². The summed E-state index contributed by atoms with van der Waals surface area (Å²) in [4.78, 5) is 8.95. The molecule has 0 fully saturated rings. The summed E-state index contributed by atoms with van der Waals surface area (Å²) in [6.07, 6.45) is 2.74. The van der Waals surface area contributed by atoms with Crippen LogP contribution in [0.1, 0.15) is 18.2 Å². The molecule has 0 saturated carbocycles. The fourth-order valence-electron chi connectivity index (χ4n) is 2.66. The van der Waals surface area contributed by atoms with E-state index in [1.54, 1.807) is 0 Å². The number of aromatic nitrogens is 1. The average Bonchev–Trinajstić information content (AvgIpc) is 2.67. The van der Waals surface area contributed by atoms with Crippen LogP contribution in [0.3, 0.4) is 0 Å². The van der Waals surface area contributed by atoms with Crippen molar-refractivity contribution in [2.45, 2.75) is 26.4 Å². The van der Waals surface area contributed by atoms with Gasteiger partial charge in [-0.3, -0.25) is 4.98 Å². The van der Waals surface area contributed by atoms with E-state index in [4.69, 9.17) is 9.47 Å². The molecule has 1 aliphatic heterocycles. The molecule has 7 heteroatoms. The third-order valence-corrected chi connectivity index (χ3v) is 4.04. The van der Waals surface area contributed by atoms with Crippen LogP contribution in [0.15, 0.2) is 47.6 Å². The van der Waals surface area contributed by atoms with E-state index in [1.165, 1.54) is 5.56 Å². The molecule has 27 heavy (non-hydrogen) atoms. The highest BCUT2D eigenvalue weighted by Crippen LogP contribution is 2.30. The molecule has 1 atom stereocenters. The van der Waals surface area contributed by atoms with E-state index in [-0.39, 0.29) is 30.1 Å². The maximum absolute atomic E-state index is 5.95. The molecule has 1 aromatic carbocycles. The summed E-state index contributed by atoms with van der Waals surface area (Å²) in [7, 11) is 0. The number of ether oxygens (including phenoxy) is 2. The molecule has 0 bridgehead atoms. The second kappa shape index (κ2) is 11.0. The molecule has 0 spiro atoms. The smallest absolute Gasteiger partial charge is 0.191 e. The number of nitrogens with zero attached hydrogens (tertiary/aromatic N) is 2. The maximum Gasteiger partial charge on any atom is 0.191 e. The Kier molecular flexibility index (Phi) is 8.63. The molecule has 0 radical (unpaired) electrons. The molecule has 0 saturated heterocycles. The summed E-state index contributed by atoms with van der Waals surface area (Å²) in [5, 5.41) is 6.62. The highest BCUT2D eigenvalue weighted by molar-refractivity contribution is 14.0. The Morgan fingerprint density at radius 2 is 2.00 bits per heavy atom. The molecule has 1 aliphatic rings. The number of aliphatic imine (C=N–C) groups is 1. The third kappa shape index (κ3) is 6.57. The zero-order chi connectivity index (χ0) is 18.2. The third-order valence-electron chi connectivity index (χ3n) is 4.04. The lowest BCUT2D eigenvalue weighted by atomic mass is 10.2. The number of benzene rings is 1. The highest BCUT2D eigenvalue weighted by atomic mass is 127. The SMILES string of the molecule is CCNC(=NCC1COc2ccccc2O1)NCCc1ccc(C)nc1.I. The minimum atomic E-state index is -0.0818. The van der Waals surface area contributed by atoms with Gasteiger partial charge in [0, 0.05) is 25.0 Å². The van der Waals surface area contributed by atoms with Crippen molar-refractivity contribution < 1.29 is 9.47 Å². The van der Waals surface area contributed by atoms with Crippen LogP contribution in [0, 0.1) is 6.92 Å². The predicted molar refractivity (Wildman–Crippen MR) is 118 cm³/mol. The van der Waals surface area contributed by atoms with Crippen molar-refractivity contribution in [1.82, 2.24) is 15.6 Å². The van der Waals surface area contributed by atoms with Crippen molar-refractivity contribution in [2.24, 2.45) is 4.99 Å². The van der Waals surface area contributed by atoms with Gasteiger partial charge in [0.25, 0.3) is 0 Å². The predicted octanol–water partition coefficient (Wildman–Crippen LogP) is 2.95. The molecule has 146 valence electrons. The molecular weight excluding hydrogens is 455 g/mol. The van der Waals surface area contributed by atoms with Crippen LogP contribution in [0.25, 0.3) is 0 Å². The number of rotatable bonds is 6. The lowest BCUT2D eigenvalue weighted by Crippen LogP contribution is -2.40. The molecule has 2 heterocycles. The van der Waals surface area contributed by atoms with E-state index in [0.29, 0.717) is 13.2 Å². The fraction of sp³-hybridized carbons (Fsp3) is 0.400. The first-order valence-corrected chi connectivity index (χ1v) is 9.07. The maximum atomic E-state index is 5.95. The zero-order valence-corrected chi connectivity index (χ0v) is 18.1. The quantitative estimate of drug-likeness (QED) is 0.377. The topological polar surface area (TPSA) is 67.8 Å². The van der Waals surface area contributed by atoms with Gasteiger partial charge in [0.05, 0.1) is 6.54 Å². The Morgan fingerprint density at radius 3 is 2.74 bits per heavy atom. The van der Waals surface area contributed by atoms with Crippen LogP contribution in [-0.2, 0) is 6.42 Å². The van der Waals surface area contributed by atoms with E-state index in [2.05, 4.69) is 33.6 Å². The largest absolute Gasteiger partial charge is 0.486 e. The van der Waals surface area contributed by atoms with Crippen LogP contribution < -0.4 is 20.1 Å². The first kappa shape index (κ1) is 21.3. The number of aryl methyl sites for hydroxylation is 1. The van der Waals surface area contributed by atoms with E-state index in [0.717, 1.165) is 42.7 Å². The van der Waals surface area contributed by atoms with Gasteiger partial charge in [-0.15, -0.1) is 24.0 Å². The summed E-state index contributed by atoms with van der Waals surface area (Å²) in [6.45, 7) is 6.69. The standard InChI is InChI=1S/C20H26N4O2.HI/c1-3-21-20(22-11-10-16-9-8-15(2)23-12-16)24-13-17-14-25-18-6-4-5-7-19(18)26-17;/h4-9,12,17H,3,10-11,13-14H2,1-2H3,(H2,21,22,24);1H. The van der Waals surface area contributed by atoms with Crippen molar-refractivity contribution in [1.29, 1.82) is 0 Å². The van der Waals surface area contributed by atoms with Gasteiger partial charge in [-0.1, -0.05) is 18.2 Å². The van der Waals surface area contributed by atoms with Gasteiger partial charge in [0.15, 0.2) is 23.6 Å². The Hall–Kier alpha value is -2.03. The number of nitrogens with one attached hydrogen (secondary N) is 2. The van der Waals surface area contributed by atoms with Crippen molar-refractivity contribution in [2.75, 3.05) is 26.2 Å². The van der Waals surface area contributed by atoms with Gasteiger partial charge in [-0.25, -0.2) is 4.99 Å². The first-order chi connectivity index (χ1) is 12.7. The molecule has 2 aromatic rings. The van der Waals surface area contributed by atoms with Gasteiger partial charge in [-0.05, 0) is 44.0 Å². The summed E-state index contributed by atoms with van der Waals surface area (Å²) in [5.41, 5.74) is 2.24. The van der Waals surface area contributed by atoms with Gasteiger partial charge < -0.3 is 20.1 Å². The molecule has 0 amide bonds. The van der Waals surface area contributed by atoms with Crippen molar-refractivity contribution in [3.63, 3.8) is 0 Å². The molecule has 2 N–H and O–H groups in total. The molecule has 6 nitrogen and oxygen atoms in total. The highest BCUT2D eigenvalue weighted by Gasteiger charge is 2.20. The van der Waals surface area contributed by atoms with Crippen LogP contribution in [-0.4, -0.2) is 43.3 Å². The minimum Gasteiger partial charge on any atom is -0.486 e. The zero-order valence-electron chi connectivity index (χ0n) is 15.8. The van der Waals surface area contributed by atoms with Crippen molar-refractivity contribution in [3.05, 3.63) is 53.9 Å². The van der Waals surface area contributed by atoms with E-state index >= 15 is 0 Å². The van der Waals surface area contributed by atoms with Crippen molar-refractivity contribution in [3.8, 4) is 11.5 Å². The lowest BCUT2D eigenvalue weighted by molar-refractivity contribution is 0.0971.